The van der Waals surface area contributed by atoms with Crippen LogP contribution in [0.2, 0.25) is 0 Å². The van der Waals surface area contributed by atoms with Crippen LogP contribution in [0.3, 0.4) is 0 Å². The Labute approximate surface area is 129 Å². The van der Waals surface area contributed by atoms with Crippen LogP contribution in [0.1, 0.15) is 29.8 Å². The number of carbonyl (C=O) groups is 1. The average molecular weight is 300 g/mol. The van der Waals surface area contributed by atoms with Gasteiger partial charge in [0.1, 0.15) is 6.04 Å². The zero-order valence-corrected chi connectivity index (χ0v) is 13.1. The van der Waals surface area contributed by atoms with Gasteiger partial charge in [-0.15, -0.1) is 10.2 Å². The normalized spacial score (nSPS) is 16.2. The third-order valence-electron chi connectivity index (χ3n) is 3.87. The van der Waals surface area contributed by atoms with Crippen LogP contribution < -0.4 is 5.32 Å². The van der Waals surface area contributed by atoms with Crippen molar-refractivity contribution in [1.82, 2.24) is 15.1 Å². The third-order valence-corrected chi connectivity index (χ3v) is 3.87. The van der Waals surface area contributed by atoms with Crippen LogP contribution in [0.5, 0.6) is 0 Å². The van der Waals surface area contributed by atoms with Crippen molar-refractivity contribution in [2.24, 2.45) is 0 Å². The summed E-state index contributed by atoms with van der Waals surface area (Å²) in [5, 5.41) is 11.2. The minimum Gasteiger partial charge on any atom is -0.423 e. The first-order valence-corrected chi connectivity index (χ1v) is 7.49. The van der Waals surface area contributed by atoms with Gasteiger partial charge in [-0.25, -0.2) is 0 Å². The van der Waals surface area contributed by atoms with Gasteiger partial charge < -0.3 is 14.6 Å². The van der Waals surface area contributed by atoms with Crippen LogP contribution in [0.15, 0.2) is 22.6 Å². The van der Waals surface area contributed by atoms with Gasteiger partial charge in [0.15, 0.2) is 0 Å². The fourth-order valence-electron chi connectivity index (χ4n) is 2.68. The Morgan fingerprint density at radius 2 is 2.18 bits per heavy atom. The summed E-state index contributed by atoms with van der Waals surface area (Å²) in [7, 11) is 1.76. The number of aromatic nitrogens is 2. The molecule has 116 valence electrons. The zero-order valence-electron chi connectivity index (χ0n) is 13.1. The highest BCUT2D eigenvalue weighted by molar-refractivity contribution is 5.87. The number of anilines is 1. The van der Waals surface area contributed by atoms with Gasteiger partial charge in [-0.2, -0.15) is 0 Å². The molecule has 0 bridgehead atoms. The molecule has 1 N–H and O–H groups in total. The van der Waals surface area contributed by atoms with Crippen molar-refractivity contribution >= 4 is 11.6 Å². The molecular weight excluding hydrogens is 280 g/mol. The van der Waals surface area contributed by atoms with E-state index in [1.807, 2.05) is 19.1 Å². The molecule has 1 amide bonds. The summed E-state index contributed by atoms with van der Waals surface area (Å²) in [6, 6.07) is 5.98. The second kappa shape index (κ2) is 5.79. The molecule has 0 spiro atoms. The summed E-state index contributed by atoms with van der Waals surface area (Å²) in [5.74, 6) is 1.10. The molecule has 1 aromatic carbocycles. The number of amides is 1. The number of carbonyl (C=O) groups excluding carboxylic acids is 1. The van der Waals surface area contributed by atoms with Crippen LogP contribution in [-0.2, 0) is 24.2 Å². The number of rotatable bonds is 4. The Balaban J connectivity index is 1.64. The van der Waals surface area contributed by atoms with Gasteiger partial charge >= 0.3 is 0 Å². The SMILES string of the molecule is CCc1nnc(CN(C)C(=O)C2Cc3cc(C)ccc3N2)o1. The smallest absolute Gasteiger partial charge is 0.245 e. The number of hydrogen-bond acceptors (Lipinski definition) is 5. The largest absolute Gasteiger partial charge is 0.423 e. The van der Waals surface area contributed by atoms with Crippen LogP contribution >= 0.6 is 0 Å². The first-order valence-electron chi connectivity index (χ1n) is 7.49. The van der Waals surface area contributed by atoms with E-state index < -0.39 is 0 Å². The molecule has 6 nitrogen and oxygen atoms in total. The summed E-state index contributed by atoms with van der Waals surface area (Å²) in [4.78, 5) is 14.2. The van der Waals surface area contributed by atoms with E-state index in [1.165, 1.54) is 11.1 Å². The number of nitrogens with one attached hydrogen (secondary N) is 1. The zero-order chi connectivity index (χ0) is 15.7. The average Bonchev–Trinajstić information content (AvgIpc) is 3.12. The summed E-state index contributed by atoms with van der Waals surface area (Å²) in [6.07, 6.45) is 1.41. The van der Waals surface area contributed by atoms with E-state index in [9.17, 15) is 4.79 Å². The molecule has 3 rings (SSSR count). The minimum absolute atomic E-state index is 0.0325. The summed E-state index contributed by atoms with van der Waals surface area (Å²) in [6.45, 7) is 4.34. The first-order chi connectivity index (χ1) is 10.6. The number of nitrogens with zero attached hydrogens (tertiary/aromatic N) is 3. The predicted molar refractivity (Wildman–Crippen MR) is 82.4 cm³/mol. The number of aryl methyl sites for hydroxylation is 2. The van der Waals surface area contributed by atoms with E-state index in [-0.39, 0.29) is 11.9 Å². The number of benzene rings is 1. The van der Waals surface area contributed by atoms with Crippen LogP contribution in [-0.4, -0.2) is 34.1 Å². The van der Waals surface area contributed by atoms with Crippen LogP contribution in [0, 0.1) is 6.92 Å². The number of likely N-dealkylation sites (N-methyl/N-ethyl adjacent to an activating group) is 1. The van der Waals surface area contributed by atoms with Crippen LogP contribution in [0.4, 0.5) is 5.69 Å². The van der Waals surface area contributed by atoms with Crippen molar-refractivity contribution in [1.29, 1.82) is 0 Å². The number of fused-ring (bicyclic) bond motifs is 1. The van der Waals surface area contributed by atoms with Gasteiger partial charge in [0, 0.05) is 25.6 Å². The molecule has 2 heterocycles. The van der Waals surface area contributed by atoms with Gasteiger partial charge in [0.2, 0.25) is 17.7 Å². The lowest BCUT2D eigenvalue weighted by atomic mass is 10.1. The molecule has 0 saturated carbocycles. The summed E-state index contributed by atoms with van der Waals surface area (Å²) < 4.78 is 5.46. The maximum absolute atomic E-state index is 12.6. The lowest BCUT2D eigenvalue weighted by Crippen LogP contribution is -2.39. The quantitative estimate of drug-likeness (QED) is 0.934. The lowest BCUT2D eigenvalue weighted by Gasteiger charge is -2.19. The molecule has 1 aromatic heterocycles. The topological polar surface area (TPSA) is 71.3 Å². The molecule has 22 heavy (non-hydrogen) atoms. The highest BCUT2D eigenvalue weighted by Gasteiger charge is 2.29. The predicted octanol–water partition coefficient (Wildman–Crippen LogP) is 1.94. The number of hydrogen-bond donors (Lipinski definition) is 1. The Hall–Kier alpha value is -2.37. The Kier molecular flexibility index (Phi) is 3.83. The van der Waals surface area contributed by atoms with E-state index in [1.54, 1.807) is 11.9 Å². The Bertz CT molecular complexity index is 695. The van der Waals surface area contributed by atoms with Crippen molar-refractivity contribution in [2.45, 2.75) is 39.3 Å². The molecule has 1 atom stereocenters. The molecule has 0 fully saturated rings. The van der Waals surface area contributed by atoms with Gasteiger partial charge in [-0.05, 0) is 18.6 Å². The Morgan fingerprint density at radius 3 is 2.91 bits per heavy atom. The van der Waals surface area contributed by atoms with E-state index in [4.69, 9.17) is 4.42 Å². The monoisotopic (exact) mass is 300 g/mol. The fourth-order valence-corrected chi connectivity index (χ4v) is 2.68. The van der Waals surface area contributed by atoms with Crippen molar-refractivity contribution in [2.75, 3.05) is 12.4 Å². The van der Waals surface area contributed by atoms with Crippen molar-refractivity contribution in [3.8, 4) is 0 Å². The summed E-state index contributed by atoms with van der Waals surface area (Å²) in [5.41, 5.74) is 3.45. The van der Waals surface area contributed by atoms with E-state index >= 15 is 0 Å². The molecular formula is C16H20N4O2. The van der Waals surface area contributed by atoms with Crippen molar-refractivity contribution in [3.05, 3.63) is 41.1 Å². The van der Waals surface area contributed by atoms with Gasteiger partial charge in [0.05, 0.1) is 6.54 Å². The highest BCUT2D eigenvalue weighted by Crippen LogP contribution is 2.27. The molecule has 6 heteroatoms. The van der Waals surface area contributed by atoms with Crippen molar-refractivity contribution < 1.29 is 9.21 Å². The molecule has 1 aliphatic rings. The highest BCUT2D eigenvalue weighted by atomic mass is 16.4. The van der Waals surface area contributed by atoms with Gasteiger partial charge in [-0.1, -0.05) is 24.6 Å². The van der Waals surface area contributed by atoms with Gasteiger partial charge in [0.25, 0.3) is 0 Å². The molecule has 2 aromatic rings. The molecule has 1 unspecified atom stereocenters. The minimum atomic E-state index is -0.227. The molecule has 0 aliphatic carbocycles. The molecule has 1 aliphatic heterocycles. The molecule has 0 radical (unpaired) electrons. The summed E-state index contributed by atoms with van der Waals surface area (Å²) >= 11 is 0. The van der Waals surface area contributed by atoms with E-state index in [2.05, 4.69) is 28.5 Å². The lowest BCUT2D eigenvalue weighted by molar-refractivity contribution is -0.131. The Morgan fingerprint density at radius 1 is 1.41 bits per heavy atom. The first kappa shape index (κ1) is 14.6. The van der Waals surface area contributed by atoms with Crippen molar-refractivity contribution in [3.63, 3.8) is 0 Å². The second-order valence-electron chi connectivity index (χ2n) is 5.70. The van der Waals surface area contributed by atoms with E-state index in [0.717, 1.165) is 5.69 Å². The van der Waals surface area contributed by atoms with Gasteiger partial charge in [-0.3, -0.25) is 4.79 Å². The fraction of sp³-hybridized carbons (Fsp3) is 0.438. The second-order valence-corrected chi connectivity index (χ2v) is 5.70. The van der Waals surface area contributed by atoms with Crippen LogP contribution in [0.25, 0.3) is 0 Å². The molecule has 0 saturated heterocycles. The third kappa shape index (κ3) is 2.81. The standard InChI is InChI=1S/C16H20N4O2/c1-4-14-18-19-15(22-14)9-20(3)16(21)13-8-11-7-10(2)5-6-12(11)17-13/h5-7,13,17H,4,8-9H2,1-3H3. The maximum atomic E-state index is 12.6. The maximum Gasteiger partial charge on any atom is 0.245 e. The van der Waals surface area contributed by atoms with E-state index in [0.29, 0.717) is 31.2 Å².